The summed E-state index contributed by atoms with van der Waals surface area (Å²) in [7, 11) is 4.11. The van der Waals surface area contributed by atoms with E-state index in [9.17, 15) is 0 Å². The highest BCUT2D eigenvalue weighted by Gasteiger charge is 2.02. The zero-order chi connectivity index (χ0) is 16.5. The number of nitrogens with one attached hydrogen (secondary N) is 2. The molecule has 2 rings (SSSR count). The maximum absolute atomic E-state index is 5.42. The van der Waals surface area contributed by atoms with E-state index >= 15 is 0 Å². The Balaban J connectivity index is 1.89. The standard InChI is InChI=1S/C16H24N6O/c1-4-23-14-8-6-13(7-9-14)19-15-12-18-21-16(20-15)17-10-5-11-22(2)3/h6-9,12H,4-5,10-11H2,1-3H3,(H2,17,19,20,21). The highest BCUT2D eigenvalue weighted by molar-refractivity contribution is 5.57. The van der Waals surface area contributed by atoms with E-state index < -0.39 is 0 Å². The minimum Gasteiger partial charge on any atom is -0.494 e. The van der Waals surface area contributed by atoms with E-state index in [0.29, 0.717) is 18.4 Å². The molecule has 0 saturated carbocycles. The Morgan fingerprint density at radius 3 is 2.65 bits per heavy atom. The van der Waals surface area contributed by atoms with Gasteiger partial charge in [0.2, 0.25) is 5.95 Å². The first-order chi connectivity index (χ1) is 11.2. The lowest BCUT2D eigenvalue weighted by Gasteiger charge is -2.10. The van der Waals surface area contributed by atoms with Crippen molar-refractivity contribution in [3.63, 3.8) is 0 Å². The van der Waals surface area contributed by atoms with Crippen LogP contribution in [0.1, 0.15) is 13.3 Å². The SMILES string of the molecule is CCOc1ccc(Nc2cnnc(NCCCN(C)C)n2)cc1. The van der Waals surface area contributed by atoms with Gasteiger partial charge in [-0.1, -0.05) is 0 Å². The summed E-state index contributed by atoms with van der Waals surface area (Å²) in [6, 6.07) is 7.72. The Bertz CT molecular complexity index is 587. The third-order valence-electron chi connectivity index (χ3n) is 3.06. The average molecular weight is 316 g/mol. The van der Waals surface area contributed by atoms with Crippen LogP contribution < -0.4 is 15.4 Å². The normalized spacial score (nSPS) is 10.6. The molecule has 124 valence electrons. The number of benzene rings is 1. The van der Waals surface area contributed by atoms with Gasteiger partial charge in [-0.3, -0.25) is 0 Å². The van der Waals surface area contributed by atoms with Crippen molar-refractivity contribution in [3.05, 3.63) is 30.5 Å². The molecular weight excluding hydrogens is 292 g/mol. The molecule has 23 heavy (non-hydrogen) atoms. The molecule has 0 spiro atoms. The Labute approximate surface area is 137 Å². The summed E-state index contributed by atoms with van der Waals surface area (Å²) in [6.07, 6.45) is 2.62. The number of rotatable bonds is 9. The van der Waals surface area contributed by atoms with Crippen LogP contribution in [0.4, 0.5) is 17.5 Å². The van der Waals surface area contributed by atoms with Gasteiger partial charge in [0.05, 0.1) is 12.8 Å². The molecule has 0 unspecified atom stereocenters. The number of nitrogens with zero attached hydrogens (tertiary/aromatic N) is 4. The lowest BCUT2D eigenvalue weighted by molar-refractivity contribution is 0.340. The van der Waals surface area contributed by atoms with E-state index in [1.807, 2.05) is 31.2 Å². The van der Waals surface area contributed by atoms with Crippen molar-refractivity contribution in [2.45, 2.75) is 13.3 Å². The van der Waals surface area contributed by atoms with Crippen LogP contribution in [0.25, 0.3) is 0 Å². The third-order valence-corrected chi connectivity index (χ3v) is 3.06. The lowest BCUT2D eigenvalue weighted by atomic mass is 10.3. The van der Waals surface area contributed by atoms with E-state index in [4.69, 9.17) is 4.74 Å². The topological polar surface area (TPSA) is 75.2 Å². The maximum Gasteiger partial charge on any atom is 0.244 e. The van der Waals surface area contributed by atoms with Gasteiger partial charge in [0.15, 0.2) is 5.82 Å². The highest BCUT2D eigenvalue weighted by atomic mass is 16.5. The number of aromatic nitrogens is 3. The molecule has 2 N–H and O–H groups in total. The van der Waals surface area contributed by atoms with Gasteiger partial charge in [-0.05, 0) is 58.3 Å². The summed E-state index contributed by atoms with van der Waals surface area (Å²) in [5.74, 6) is 2.03. The molecule has 0 fully saturated rings. The van der Waals surface area contributed by atoms with E-state index in [1.54, 1.807) is 6.20 Å². The minimum atomic E-state index is 0.527. The number of hydrogen-bond acceptors (Lipinski definition) is 7. The zero-order valence-corrected chi connectivity index (χ0v) is 13.9. The van der Waals surface area contributed by atoms with Crippen LogP contribution in [0.15, 0.2) is 30.5 Å². The number of hydrogen-bond donors (Lipinski definition) is 2. The molecule has 0 aliphatic rings. The van der Waals surface area contributed by atoms with Crippen LogP contribution in [-0.2, 0) is 0 Å². The van der Waals surface area contributed by atoms with Crippen molar-refractivity contribution in [1.29, 1.82) is 0 Å². The van der Waals surface area contributed by atoms with Crippen molar-refractivity contribution in [2.75, 3.05) is 44.4 Å². The molecule has 0 saturated heterocycles. The maximum atomic E-state index is 5.42. The smallest absolute Gasteiger partial charge is 0.244 e. The second-order valence-corrected chi connectivity index (χ2v) is 5.33. The van der Waals surface area contributed by atoms with Crippen molar-refractivity contribution in [2.24, 2.45) is 0 Å². The fourth-order valence-electron chi connectivity index (χ4n) is 1.98. The summed E-state index contributed by atoms with van der Waals surface area (Å²) < 4.78 is 5.42. The molecule has 0 atom stereocenters. The number of ether oxygens (including phenoxy) is 1. The lowest BCUT2D eigenvalue weighted by Crippen LogP contribution is -2.17. The summed E-state index contributed by atoms with van der Waals surface area (Å²) >= 11 is 0. The van der Waals surface area contributed by atoms with Crippen LogP contribution in [0, 0.1) is 0 Å². The molecule has 0 radical (unpaired) electrons. The second kappa shape index (κ2) is 8.89. The van der Waals surface area contributed by atoms with Gasteiger partial charge >= 0.3 is 0 Å². The Morgan fingerprint density at radius 1 is 1.17 bits per heavy atom. The van der Waals surface area contributed by atoms with E-state index in [2.05, 4.69) is 44.8 Å². The van der Waals surface area contributed by atoms with E-state index in [0.717, 1.165) is 30.9 Å². The molecule has 7 nitrogen and oxygen atoms in total. The van der Waals surface area contributed by atoms with Crippen molar-refractivity contribution < 1.29 is 4.74 Å². The summed E-state index contributed by atoms with van der Waals surface area (Å²) in [4.78, 5) is 6.55. The van der Waals surface area contributed by atoms with Gasteiger partial charge in [-0.25, -0.2) is 0 Å². The minimum absolute atomic E-state index is 0.527. The predicted octanol–water partition coefficient (Wildman–Crippen LogP) is 2.38. The van der Waals surface area contributed by atoms with Crippen molar-refractivity contribution in [3.8, 4) is 5.75 Å². The summed E-state index contributed by atoms with van der Waals surface area (Å²) in [5.41, 5.74) is 0.924. The molecule has 1 aromatic heterocycles. The average Bonchev–Trinajstić information content (AvgIpc) is 2.54. The zero-order valence-electron chi connectivity index (χ0n) is 13.9. The van der Waals surface area contributed by atoms with Crippen LogP contribution in [0.2, 0.25) is 0 Å². The highest BCUT2D eigenvalue weighted by Crippen LogP contribution is 2.18. The van der Waals surface area contributed by atoms with E-state index in [-0.39, 0.29) is 0 Å². The molecule has 0 aliphatic carbocycles. The van der Waals surface area contributed by atoms with Gasteiger partial charge in [0, 0.05) is 12.2 Å². The third kappa shape index (κ3) is 6.07. The van der Waals surface area contributed by atoms with Gasteiger partial charge in [0.1, 0.15) is 5.75 Å². The quantitative estimate of drug-likeness (QED) is 0.688. The molecule has 7 heteroatoms. The largest absolute Gasteiger partial charge is 0.494 e. The molecule has 1 heterocycles. The Kier molecular flexibility index (Phi) is 6.56. The van der Waals surface area contributed by atoms with Crippen molar-refractivity contribution in [1.82, 2.24) is 20.1 Å². The first kappa shape index (κ1) is 17.0. The van der Waals surface area contributed by atoms with Crippen LogP contribution in [0.3, 0.4) is 0 Å². The first-order valence-corrected chi connectivity index (χ1v) is 7.75. The molecule has 0 bridgehead atoms. The fourth-order valence-corrected chi connectivity index (χ4v) is 1.98. The number of anilines is 3. The summed E-state index contributed by atoms with van der Waals surface area (Å²) in [6.45, 7) is 4.45. The predicted molar refractivity (Wildman–Crippen MR) is 92.4 cm³/mol. The van der Waals surface area contributed by atoms with Gasteiger partial charge in [-0.15, -0.1) is 5.10 Å². The van der Waals surface area contributed by atoms with Crippen molar-refractivity contribution >= 4 is 17.5 Å². The molecule has 0 aliphatic heterocycles. The molecule has 1 aromatic carbocycles. The van der Waals surface area contributed by atoms with E-state index in [1.165, 1.54) is 0 Å². The molecule has 2 aromatic rings. The van der Waals surface area contributed by atoms with Gasteiger partial charge < -0.3 is 20.3 Å². The van der Waals surface area contributed by atoms with Crippen LogP contribution in [-0.4, -0.2) is 53.9 Å². The molecular formula is C16H24N6O. The summed E-state index contributed by atoms with van der Waals surface area (Å²) in [5, 5.41) is 14.3. The molecule has 0 amide bonds. The Morgan fingerprint density at radius 2 is 1.96 bits per heavy atom. The van der Waals surface area contributed by atoms with Gasteiger partial charge in [-0.2, -0.15) is 10.1 Å². The fraction of sp³-hybridized carbons (Fsp3) is 0.438. The van der Waals surface area contributed by atoms with Crippen LogP contribution in [0.5, 0.6) is 5.75 Å². The van der Waals surface area contributed by atoms with Gasteiger partial charge in [0.25, 0.3) is 0 Å². The Hall–Kier alpha value is -2.41. The van der Waals surface area contributed by atoms with Crippen LogP contribution >= 0.6 is 0 Å². The monoisotopic (exact) mass is 316 g/mol. The first-order valence-electron chi connectivity index (χ1n) is 7.75. The second-order valence-electron chi connectivity index (χ2n) is 5.33.